The lowest BCUT2D eigenvalue weighted by atomic mass is 10.2. The summed E-state index contributed by atoms with van der Waals surface area (Å²) in [5.41, 5.74) is 0.474. The molecule has 1 saturated heterocycles. The SMILES string of the molecule is CCOc1ncccc1C(=O)N1CCC(Oc2ccncc2Cl)C1. The first-order chi connectivity index (χ1) is 11.7. The molecular weight excluding hydrogens is 330 g/mol. The van der Waals surface area contributed by atoms with Crippen molar-refractivity contribution in [1.29, 1.82) is 0 Å². The van der Waals surface area contributed by atoms with Gasteiger partial charge in [-0.25, -0.2) is 4.98 Å². The monoisotopic (exact) mass is 347 g/mol. The number of carbonyl (C=O) groups excluding carboxylic acids is 1. The molecule has 1 aliphatic rings. The molecule has 2 aromatic rings. The van der Waals surface area contributed by atoms with Gasteiger partial charge in [0, 0.05) is 37.6 Å². The first kappa shape index (κ1) is 16.5. The molecule has 7 heteroatoms. The molecule has 3 rings (SSSR count). The maximum absolute atomic E-state index is 12.7. The topological polar surface area (TPSA) is 64.5 Å². The van der Waals surface area contributed by atoms with Crippen molar-refractivity contribution in [3.05, 3.63) is 47.4 Å². The van der Waals surface area contributed by atoms with Crippen LogP contribution in [-0.2, 0) is 0 Å². The van der Waals surface area contributed by atoms with Crippen LogP contribution in [0, 0.1) is 0 Å². The number of halogens is 1. The van der Waals surface area contributed by atoms with Crippen LogP contribution < -0.4 is 9.47 Å². The van der Waals surface area contributed by atoms with Gasteiger partial charge in [-0.3, -0.25) is 9.78 Å². The lowest BCUT2D eigenvalue weighted by molar-refractivity contribution is 0.0767. The Morgan fingerprint density at radius 2 is 2.29 bits per heavy atom. The Morgan fingerprint density at radius 3 is 3.08 bits per heavy atom. The van der Waals surface area contributed by atoms with Crippen LogP contribution in [-0.4, -0.2) is 46.6 Å². The first-order valence-electron chi connectivity index (χ1n) is 7.82. The van der Waals surface area contributed by atoms with Gasteiger partial charge in [0.05, 0.1) is 13.2 Å². The Bertz CT molecular complexity index is 726. The molecule has 24 heavy (non-hydrogen) atoms. The number of pyridine rings is 2. The summed E-state index contributed by atoms with van der Waals surface area (Å²) in [4.78, 5) is 22.5. The van der Waals surface area contributed by atoms with Gasteiger partial charge in [-0.2, -0.15) is 0 Å². The normalized spacial score (nSPS) is 16.9. The van der Waals surface area contributed by atoms with Crippen molar-refractivity contribution in [3.63, 3.8) is 0 Å². The summed E-state index contributed by atoms with van der Waals surface area (Å²) in [5.74, 6) is 0.854. The van der Waals surface area contributed by atoms with E-state index in [-0.39, 0.29) is 12.0 Å². The van der Waals surface area contributed by atoms with E-state index in [1.807, 2.05) is 6.92 Å². The number of carbonyl (C=O) groups is 1. The number of hydrogen-bond acceptors (Lipinski definition) is 5. The van der Waals surface area contributed by atoms with Crippen molar-refractivity contribution >= 4 is 17.5 Å². The molecule has 0 saturated carbocycles. The van der Waals surface area contributed by atoms with Crippen molar-refractivity contribution in [3.8, 4) is 11.6 Å². The van der Waals surface area contributed by atoms with Crippen molar-refractivity contribution in [1.82, 2.24) is 14.9 Å². The fraction of sp³-hybridized carbons (Fsp3) is 0.353. The van der Waals surface area contributed by atoms with E-state index >= 15 is 0 Å². The van der Waals surface area contributed by atoms with Crippen molar-refractivity contribution in [2.45, 2.75) is 19.4 Å². The summed E-state index contributed by atoms with van der Waals surface area (Å²) in [7, 11) is 0. The van der Waals surface area contributed by atoms with E-state index in [4.69, 9.17) is 21.1 Å². The van der Waals surface area contributed by atoms with Crippen LogP contribution in [0.25, 0.3) is 0 Å². The number of likely N-dealkylation sites (tertiary alicyclic amines) is 1. The maximum atomic E-state index is 12.7. The largest absolute Gasteiger partial charge is 0.487 e. The molecule has 0 bridgehead atoms. The summed E-state index contributed by atoms with van der Waals surface area (Å²) >= 11 is 6.06. The minimum absolute atomic E-state index is 0.0962. The Kier molecular flexibility index (Phi) is 5.15. The highest BCUT2D eigenvalue weighted by atomic mass is 35.5. The fourth-order valence-electron chi connectivity index (χ4n) is 2.62. The van der Waals surface area contributed by atoms with E-state index in [2.05, 4.69) is 9.97 Å². The highest BCUT2D eigenvalue weighted by Crippen LogP contribution is 2.27. The van der Waals surface area contributed by atoms with Gasteiger partial charge < -0.3 is 14.4 Å². The molecule has 6 nitrogen and oxygen atoms in total. The van der Waals surface area contributed by atoms with Crippen LogP contribution in [0.5, 0.6) is 11.6 Å². The molecule has 126 valence electrons. The lowest BCUT2D eigenvalue weighted by Crippen LogP contribution is -2.31. The van der Waals surface area contributed by atoms with E-state index in [9.17, 15) is 4.79 Å². The molecule has 1 aliphatic heterocycles. The highest BCUT2D eigenvalue weighted by Gasteiger charge is 2.30. The van der Waals surface area contributed by atoms with Crippen molar-refractivity contribution < 1.29 is 14.3 Å². The van der Waals surface area contributed by atoms with E-state index in [1.54, 1.807) is 41.7 Å². The Labute approximate surface area is 145 Å². The Balaban J connectivity index is 1.67. The second kappa shape index (κ2) is 7.49. The molecule has 0 radical (unpaired) electrons. The summed E-state index contributed by atoms with van der Waals surface area (Å²) < 4.78 is 11.3. The van der Waals surface area contributed by atoms with Crippen LogP contribution in [0.2, 0.25) is 5.02 Å². The van der Waals surface area contributed by atoms with E-state index in [1.165, 1.54) is 0 Å². The molecule has 2 aromatic heterocycles. The van der Waals surface area contributed by atoms with Gasteiger partial charge in [-0.05, 0) is 19.1 Å². The van der Waals surface area contributed by atoms with Gasteiger partial charge in [0.2, 0.25) is 5.88 Å². The molecule has 1 atom stereocenters. The van der Waals surface area contributed by atoms with E-state index < -0.39 is 0 Å². The molecule has 0 N–H and O–H groups in total. The zero-order chi connectivity index (χ0) is 16.9. The number of hydrogen-bond donors (Lipinski definition) is 0. The molecule has 0 aromatic carbocycles. The summed E-state index contributed by atoms with van der Waals surface area (Å²) in [5, 5.41) is 0.466. The van der Waals surface area contributed by atoms with Crippen molar-refractivity contribution in [2.24, 2.45) is 0 Å². The van der Waals surface area contributed by atoms with Crippen LogP contribution in [0.15, 0.2) is 36.8 Å². The number of ether oxygens (including phenoxy) is 2. The number of rotatable bonds is 5. The molecule has 0 spiro atoms. The minimum Gasteiger partial charge on any atom is -0.487 e. The van der Waals surface area contributed by atoms with Crippen LogP contribution in [0.3, 0.4) is 0 Å². The zero-order valence-corrected chi connectivity index (χ0v) is 14.1. The Hall–Kier alpha value is -2.34. The van der Waals surface area contributed by atoms with Crippen LogP contribution >= 0.6 is 11.6 Å². The predicted octanol–water partition coefficient (Wildman–Crippen LogP) is 2.82. The summed E-state index contributed by atoms with van der Waals surface area (Å²) in [6, 6.07) is 5.19. The standard InChI is InChI=1S/C17H18ClN3O3/c1-2-23-16-13(4-3-7-20-16)17(22)21-9-6-12(11-21)24-15-5-8-19-10-14(15)18/h3-5,7-8,10,12H,2,6,9,11H2,1H3. The van der Waals surface area contributed by atoms with Gasteiger partial charge >= 0.3 is 0 Å². The Morgan fingerprint density at radius 1 is 1.42 bits per heavy atom. The second-order valence-electron chi connectivity index (χ2n) is 5.37. The third-order valence-corrected chi connectivity index (χ3v) is 4.03. The molecule has 1 fully saturated rings. The lowest BCUT2D eigenvalue weighted by Gasteiger charge is -2.18. The van der Waals surface area contributed by atoms with Gasteiger partial charge in [0.25, 0.3) is 5.91 Å². The van der Waals surface area contributed by atoms with Crippen LogP contribution in [0.4, 0.5) is 0 Å². The van der Waals surface area contributed by atoms with Crippen molar-refractivity contribution in [2.75, 3.05) is 19.7 Å². The summed E-state index contributed by atoms with van der Waals surface area (Å²) in [6.07, 6.45) is 5.43. The summed E-state index contributed by atoms with van der Waals surface area (Å²) in [6.45, 7) is 3.44. The number of aromatic nitrogens is 2. The predicted molar refractivity (Wildman–Crippen MR) is 89.6 cm³/mol. The molecule has 1 unspecified atom stereocenters. The average molecular weight is 348 g/mol. The van der Waals surface area contributed by atoms with E-state index in [0.717, 1.165) is 6.42 Å². The molecular formula is C17H18ClN3O3. The van der Waals surface area contributed by atoms with Gasteiger partial charge in [0.1, 0.15) is 22.4 Å². The van der Waals surface area contributed by atoms with Gasteiger partial charge in [0.15, 0.2) is 0 Å². The smallest absolute Gasteiger partial charge is 0.259 e. The van der Waals surface area contributed by atoms with Crippen LogP contribution in [0.1, 0.15) is 23.7 Å². The fourth-order valence-corrected chi connectivity index (χ4v) is 2.79. The second-order valence-corrected chi connectivity index (χ2v) is 5.78. The zero-order valence-electron chi connectivity index (χ0n) is 13.3. The minimum atomic E-state index is -0.0986. The number of nitrogens with zero attached hydrogens (tertiary/aromatic N) is 3. The van der Waals surface area contributed by atoms with Gasteiger partial charge in [-0.1, -0.05) is 11.6 Å². The quantitative estimate of drug-likeness (QED) is 0.832. The van der Waals surface area contributed by atoms with E-state index in [0.29, 0.717) is 41.9 Å². The third kappa shape index (κ3) is 3.59. The third-order valence-electron chi connectivity index (χ3n) is 3.74. The molecule has 3 heterocycles. The molecule has 0 aliphatic carbocycles. The first-order valence-corrected chi connectivity index (χ1v) is 8.20. The van der Waals surface area contributed by atoms with Gasteiger partial charge in [-0.15, -0.1) is 0 Å². The number of amides is 1. The average Bonchev–Trinajstić information content (AvgIpc) is 3.06. The highest BCUT2D eigenvalue weighted by molar-refractivity contribution is 6.31. The molecule has 1 amide bonds. The maximum Gasteiger partial charge on any atom is 0.259 e.